The maximum Gasteiger partial charge on any atom is 0.228 e. The smallest absolute Gasteiger partial charge is 0.228 e. The third-order valence-electron chi connectivity index (χ3n) is 3.78. The van der Waals surface area contributed by atoms with Crippen LogP contribution in [0.3, 0.4) is 0 Å². The van der Waals surface area contributed by atoms with Crippen LogP contribution in [0.1, 0.15) is 38.0 Å². The molecule has 102 valence electrons. The molecule has 0 spiro atoms. The largest absolute Gasteiger partial charge is 0.339 e. The summed E-state index contributed by atoms with van der Waals surface area (Å²) in [7, 11) is 1.86. The summed E-state index contributed by atoms with van der Waals surface area (Å²) in [5.74, 6) is 1.21. The second-order valence-corrected chi connectivity index (χ2v) is 5.51. The van der Waals surface area contributed by atoms with Crippen LogP contribution in [0.25, 0.3) is 11.4 Å². The number of nitrogens with zero attached hydrogens (tertiary/aromatic N) is 4. The highest BCUT2D eigenvalue weighted by molar-refractivity contribution is 5.50. The lowest BCUT2D eigenvalue weighted by Crippen LogP contribution is -2.43. The number of hydrogen-bond acceptors (Lipinski definition) is 5. The summed E-state index contributed by atoms with van der Waals surface area (Å²) < 4.78 is 7.04. The van der Waals surface area contributed by atoms with Gasteiger partial charge in [-0.3, -0.25) is 4.68 Å². The summed E-state index contributed by atoms with van der Waals surface area (Å²) in [6.45, 7) is 0. The third-order valence-corrected chi connectivity index (χ3v) is 3.78. The normalized spacial score (nSPS) is 18.6. The quantitative estimate of drug-likeness (QED) is 0.908. The Hall–Kier alpha value is -1.69. The summed E-state index contributed by atoms with van der Waals surface area (Å²) in [5.41, 5.74) is 7.10. The zero-order chi connectivity index (χ0) is 13.3. The van der Waals surface area contributed by atoms with E-state index in [1.54, 1.807) is 10.9 Å². The van der Waals surface area contributed by atoms with Crippen LogP contribution in [-0.2, 0) is 13.5 Å². The maximum absolute atomic E-state index is 6.40. The molecule has 6 nitrogen and oxygen atoms in total. The van der Waals surface area contributed by atoms with Crippen molar-refractivity contribution >= 4 is 0 Å². The van der Waals surface area contributed by atoms with Gasteiger partial charge in [-0.25, -0.2) is 0 Å². The fraction of sp³-hybridized carbons (Fsp3) is 0.615. The first-order valence-corrected chi connectivity index (χ1v) is 6.75. The van der Waals surface area contributed by atoms with Crippen molar-refractivity contribution < 1.29 is 4.52 Å². The monoisotopic (exact) mass is 261 g/mol. The van der Waals surface area contributed by atoms with Crippen LogP contribution in [0.5, 0.6) is 0 Å². The van der Waals surface area contributed by atoms with Crippen molar-refractivity contribution in [2.75, 3.05) is 0 Å². The van der Waals surface area contributed by atoms with E-state index in [0.717, 1.165) is 18.4 Å². The van der Waals surface area contributed by atoms with E-state index >= 15 is 0 Å². The van der Waals surface area contributed by atoms with Crippen LogP contribution in [0.15, 0.2) is 16.9 Å². The van der Waals surface area contributed by atoms with Gasteiger partial charge in [0.1, 0.15) is 0 Å². The van der Waals surface area contributed by atoms with Crippen LogP contribution in [0, 0.1) is 0 Å². The van der Waals surface area contributed by atoms with E-state index < -0.39 is 0 Å². The third kappa shape index (κ3) is 2.68. The van der Waals surface area contributed by atoms with Gasteiger partial charge in [0.15, 0.2) is 0 Å². The lowest BCUT2D eigenvalue weighted by Gasteiger charge is -2.31. The summed E-state index contributed by atoms with van der Waals surface area (Å²) in [6, 6.07) is 0. The summed E-state index contributed by atoms with van der Waals surface area (Å²) in [5, 5.41) is 8.10. The van der Waals surface area contributed by atoms with Gasteiger partial charge in [0.05, 0.1) is 11.8 Å². The van der Waals surface area contributed by atoms with Crippen LogP contribution in [0.4, 0.5) is 0 Å². The van der Waals surface area contributed by atoms with E-state index in [1.165, 1.54) is 19.3 Å². The molecular weight excluding hydrogens is 242 g/mol. The zero-order valence-corrected chi connectivity index (χ0v) is 11.2. The molecule has 0 radical (unpaired) electrons. The molecule has 1 fully saturated rings. The molecule has 2 N–H and O–H groups in total. The Morgan fingerprint density at radius 2 is 2.16 bits per heavy atom. The van der Waals surface area contributed by atoms with Crippen molar-refractivity contribution in [1.29, 1.82) is 0 Å². The van der Waals surface area contributed by atoms with E-state index in [0.29, 0.717) is 18.1 Å². The van der Waals surface area contributed by atoms with Crippen LogP contribution in [0.2, 0.25) is 0 Å². The first-order chi connectivity index (χ1) is 9.15. The highest BCUT2D eigenvalue weighted by Crippen LogP contribution is 2.29. The van der Waals surface area contributed by atoms with Crippen molar-refractivity contribution in [3.8, 4) is 11.4 Å². The van der Waals surface area contributed by atoms with E-state index in [-0.39, 0.29) is 5.54 Å². The molecule has 2 aromatic rings. The Bertz CT molecular complexity index is 553. The summed E-state index contributed by atoms with van der Waals surface area (Å²) in [6.07, 6.45) is 10.0. The fourth-order valence-corrected chi connectivity index (χ4v) is 2.71. The predicted molar refractivity (Wildman–Crippen MR) is 70.2 cm³/mol. The Labute approximate surface area is 112 Å². The standard InChI is InChI=1S/C13H19N5O/c1-18-9-10(8-15-18)12-16-11(19-17-12)7-13(14)5-3-2-4-6-13/h8-9H,2-7,14H2,1H3. The van der Waals surface area contributed by atoms with Crippen LogP contribution >= 0.6 is 0 Å². The van der Waals surface area contributed by atoms with Gasteiger partial charge in [-0.05, 0) is 12.8 Å². The fourth-order valence-electron chi connectivity index (χ4n) is 2.71. The van der Waals surface area contributed by atoms with Gasteiger partial charge in [0, 0.05) is 25.2 Å². The van der Waals surface area contributed by atoms with Crippen molar-refractivity contribution in [2.24, 2.45) is 12.8 Å². The summed E-state index contributed by atoms with van der Waals surface area (Å²) >= 11 is 0. The van der Waals surface area contributed by atoms with Gasteiger partial charge in [0.25, 0.3) is 0 Å². The number of aromatic nitrogens is 4. The van der Waals surface area contributed by atoms with E-state index in [1.807, 2.05) is 13.2 Å². The number of nitrogens with two attached hydrogens (primary N) is 1. The predicted octanol–water partition coefficient (Wildman–Crippen LogP) is 1.67. The number of hydrogen-bond donors (Lipinski definition) is 1. The Balaban J connectivity index is 1.74. The highest BCUT2D eigenvalue weighted by Gasteiger charge is 2.30. The summed E-state index contributed by atoms with van der Waals surface area (Å²) in [4.78, 5) is 4.42. The molecule has 0 aliphatic heterocycles. The lowest BCUT2D eigenvalue weighted by molar-refractivity contribution is 0.261. The average molecular weight is 261 g/mol. The molecular formula is C13H19N5O. The topological polar surface area (TPSA) is 82.8 Å². The molecule has 0 saturated heterocycles. The van der Waals surface area contributed by atoms with Crippen LogP contribution < -0.4 is 5.73 Å². The molecule has 1 aliphatic rings. The molecule has 0 atom stereocenters. The number of rotatable bonds is 3. The zero-order valence-electron chi connectivity index (χ0n) is 11.2. The number of aryl methyl sites for hydroxylation is 1. The molecule has 19 heavy (non-hydrogen) atoms. The van der Waals surface area contributed by atoms with Crippen LogP contribution in [-0.4, -0.2) is 25.5 Å². The van der Waals surface area contributed by atoms with Gasteiger partial charge in [-0.2, -0.15) is 10.1 Å². The maximum atomic E-state index is 6.40. The van der Waals surface area contributed by atoms with E-state index in [9.17, 15) is 0 Å². The molecule has 2 aromatic heterocycles. The molecule has 0 aromatic carbocycles. The van der Waals surface area contributed by atoms with Gasteiger partial charge in [0.2, 0.25) is 11.7 Å². The minimum atomic E-state index is -0.170. The lowest BCUT2D eigenvalue weighted by atomic mass is 9.80. The van der Waals surface area contributed by atoms with Gasteiger partial charge in [-0.15, -0.1) is 0 Å². The SMILES string of the molecule is Cn1cc(-c2noc(CC3(N)CCCCC3)n2)cn1. The Morgan fingerprint density at radius 3 is 2.84 bits per heavy atom. The minimum absolute atomic E-state index is 0.170. The molecule has 3 rings (SSSR count). The first-order valence-electron chi connectivity index (χ1n) is 6.75. The second-order valence-electron chi connectivity index (χ2n) is 5.51. The Morgan fingerprint density at radius 1 is 1.37 bits per heavy atom. The second kappa shape index (κ2) is 4.77. The van der Waals surface area contributed by atoms with Crippen molar-refractivity contribution in [1.82, 2.24) is 19.9 Å². The average Bonchev–Trinajstić information content (AvgIpc) is 2.98. The van der Waals surface area contributed by atoms with Crippen molar-refractivity contribution in [3.05, 3.63) is 18.3 Å². The molecule has 6 heteroatoms. The van der Waals surface area contributed by atoms with Gasteiger partial charge in [-0.1, -0.05) is 24.4 Å². The first kappa shape index (κ1) is 12.3. The molecule has 0 unspecified atom stereocenters. The Kier molecular flexibility index (Phi) is 3.10. The molecule has 1 saturated carbocycles. The minimum Gasteiger partial charge on any atom is -0.339 e. The van der Waals surface area contributed by atoms with Crippen molar-refractivity contribution in [2.45, 2.75) is 44.1 Å². The highest BCUT2D eigenvalue weighted by atomic mass is 16.5. The van der Waals surface area contributed by atoms with Gasteiger partial charge < -0.3 is 10.3 Å². The molecule has 0 amide bonds. The van der Waals surface area contributed by atoms with E-state index in [2.05, 4.69) is 15.2 Å². The molecule has 2 heterocycles. The van der Waals surface area contributed by atoms with E-state index in [4.69, 9.17) is 10.3 Å². The molecule has 0 bridgehead atoms. The van der Waals surface area contributed by atoms with Gasteiger partial charge >= 0.3 is 0 Å². The van der Waals surface area contributed by atoms with Crippen molar-refractivity contribution in [3.63, 3.8) is 0 Å². The molecule has 1 aliphatic carbocycles.